The normalized spacial score (nSPS) is 12.3. The van der Waals surface area contributed by atoms with Crippen molar-refractivity contribution in [1.29, 1.82) is 0 Å². The molecule has 0 saturated heterocycles. The molecule has 2 nitrogen and oxygen atoms in total. The molecular weight excluding hydrogens is 500 g/mol. The molecular formula is C39H78O2. The van der Waals surface area contributed by atoms with Crippen LogP contribution < -0.4 is 0 Å². The molecule has 0 heterocycles. The minimum Gasteiger partial charge on any atom is -0.378 e. The maximum atomic E-state index is 12.3. The first-order chi connectivity index (χ1) is 20.2. The second-order valence-electron chi connectivity index (χ2n) is 13.3. The van der Waals surface area contributed by atoms with Gasteiger partial charge in [0.2, 0.25) is 0 Å². The minimum absolute atomic E-state index is 0.353. The van der Waals surface area contributed by atoms with Crippen molar-refractivity contribution in [2.75, 3.05) is 6.61 Å². The lowest BCUT2D eigenvalue weighted by Crippen LogP contribution is -2.13. The molecule has 0 rings (SSSR count). The summed E-state index contributed by atoms with van der Waals surface area (Å²) in [4.78, 5) is 12.3. The fourth-order valence-electron chi connectivity index (χ4n) is 6.12. The van der Waals surface area contributed by atoms with E-state index in [1.165, 1.54) is 173 Å². The van der Waals surface area contributed by atoms with Gasteiger partial charge in [-0.2, -0.15) is 0 Å². The lowest BCUT2D eigenvalue weighted by Gasteiger charge is -2.16. The van der Waals surface area contributed by atoms with Gasteiger partial charge >= 0.3 is 0 Å². The topological polar surface area (TPSA) is 26.3 Å². The van der Waals surface area contributed by atoms with Crippen LogP contribution in [0, 0.1) is 0 Å². The zero-order valence-electron chi connectivity index (χ0n) is 28.9. The highest BCUT2D eigenvalue weighted by Gasteiger charge is 2.09. The molecule has 0 radical (unpaired) electrons. The molecule has 0 aromatic carbocycles. The Morgan fingerprint density at radius 2 is 0.732 bits per heavy atom. The van der Waals surface area contributed by atoms with Crippen molar-refractivity contribution in [1.82, 2.24) is 0 Å². The quantitative estimate of drug-likeness (QED) is 0.0691. The first-order valence-corrected chi connectivity index (χ1v) is 19.4. The molecule has 0 fully saturated rings. The SMILES string of the molecule is CCCCCCCCCCCCCCCCOC(CC)CCCC(=O)CCCCCCCCCCCCCCCC. The van der Waals surface area contributed by atoms with Crippen LogP contribution in [0.15, 0.2) is 0 Å². The van der Waals surface area contributed by atoms with Gasteiger partial charge in [-0.15, -0.1) is 0 Å². The number of Topliss-reactive ketones (excluding diaryl/α,β-unsaturated/α-hetero) is 1. The van der Waals surface area contributed by atoms with Crippen LogP contribution in [0.3, 0.4) is 0 Å². The van der Waals surface area contributed by atoms with E-state index in [0.29, 0.717) is 11.9 Å². The summed E-state index contributed by atoms with van der Waals surface area (Å²) in [5.41, 5.74) is 0. The Hall–Kier alpha value is -0.370. The van der Waals surface area contributed by atoms with Gasteiger partial charge in [-0.25, -0.2) is 0 Å². The maximum absolute atomic E-state index is 12.3. The maximum Gasteiger partial charge on any atom is 0.132 e. The van der Waals surface area contributed by atoms with Gasteiger partial charge in [-0.3, -0.25) is 4.79 Å². The third-order valence-corrected chi connectivity index (χ3v) is 9.10. The van der Waals surface area contributed by atoms with Gasteiger partial charge < -0.3 is 4.74 Å². The number of hydrogen-bond donors (Lipinski definition) is 0. The Labute approximate surface area is 260 Å². The van der Waals surface area contributed by atoms with Crippen molar-refractivity contribution < 1.29 is 9.53 Å². The van der Waals surface area contributed by atoms with Gasteiger partial charge in [-0.1, -0.05) is 188 Å². The molecule has 0 spiro atoms. The largest absolute Gasteiger partial charge is 0.378 e. The van der Waals surface area contributed by atoms with Gasteiger partial charge in [0.1, 0.15) is 5.78 Å². The Bertz CT molecular complexity index is 488. The first-order valence-electron chi connectivity index (χ1n) is 19.4. The smallest absolute Gasteiger partial charge is 0.132 e. The van der Waals surface area contributed by atoms with Gasteiger partial charge in [0.25, 0.3) is 0 Å². The molecule has 0 N–H and O–H groups in total. The van der Waals surface area contributed by atoms with Crippen LogP contribution in [-0.2, 0) is 9.53 Å². The zero-order chi connectivity index (χ0) is 29.9. The lowest BCUT2D eigenvalue weighted by molar-refractivity contribution is -0.119. The molecule has 0 amide bonds. The fraction of sp³-hybridized carbons (Fsp3) is 0.974. The van der Waals surface area contributed by atoms with E-state index in [1.54, 1.807) is 0 Å². The molecule has 1 unspecified atom stereocenters. The Morgan fingerprint density at radius 1 is 0.415 bits per heavy atom. The van der Waals surface area contributed by atoms with Crippen molar-refractivity contribution in [2.24, 2.45) is 0 Å². The standard InChI is InChI=1S/C39H78O2/c1-4-7-9-11-13-15-17-19-21-23-25-27-29-31-34-38(40)35-33-36-39(6-3)41-37-32-30-28-26-24-22-20-18-16-14-12-10-8-5-2/h39H,4-37H2,1-3H3. The van der Waals surface area contributed by atoms with E-state index in [9.17, 15) is 4.79 Å². The van der Waals surface area contributed by atoms with E-state index < -0.39 is 0 Å². The van der Waals surface area contributed by atoms with Crippen LogP contribution in [0.25, 0.3) is 0 Å². The third kappa shape index (κ3) is 34.0. The van der Waals surface area contributed by atoms with Gasteiger partial charge in [0, 0.05) is 19.4 Å². The van der Waals surface area contributed by atoms with E-state index in [2.05, 4.69) is 20.8 Å². The van der Waals surface area contributed by atoms with Crippen LogP contribution in [0.4, 0.5) is 0 Å². The van der Waals surface area contributed by atoms with Crippen LogP contribution in [-0.4, -0.2) is 18.5 Å². The molecule has 1 atom stereocenters. The fourth-order valence-corrected chi connectivity index (χ4v) is 6.12. The predicted molar refractivity (Wildman–Crippen MR) is 184 cm³/mol. The molecule has 246 valence electrons. The van der Waals surface area contributed by atoms with Crippen LogP contribution >= 0.6 is 0 Å². The monoisotopic (exact) mass is 579 g/mol. The number of rotatable bonds is 36. The summed E-state index contributed by atoms with van der Waals surface area (Å²) in [7, 11) is 0. The summed E-state index contributed by atoms with van der Waals surface area (Å²) < 4.78 is 6.16. The van der Waals surface area contributed by atoms with E-state index >= 15 is 0 Å². The summed E-state index contributed by atoms with van der Waals surface area (Å²) in [5.74, 6) is 0.478. The average Bonchev–Trinajstić information content (AvgIpc) is 2.98. The van der Waals surface area contributed by atoms with Crippen LogP contribution in [0.2, 0.25) is 0 Å². The number of hydrogen-bond acceptors (Lipinski definition) is 2. The highest BCUT2D eigenvalue weighted by atomic mass is 16.5. The van der Waals surface area contributed by atoms with E-state index in [-0.39, 0.29) is 0 Å². The van der Waals surface area contributed by atoms with Crippen molar-refractivity contribution in [3.05, 3.63) is 0 Å². The van der Waals surface area contributed by atoms with E-state index in [4.69, 9.17) is 4.74 Å². The summed E-state index contributed by atoms with van der Waals surface area (Å²) in [6, 6.07) is 0. The zero-order valence-corrected chi connectivity index (χ0v) is 28.9. The summed E-state index contributed by atoms with van der Waals surface area (Å²) in [6.07, 6.45) is 43.8. The molecule has 0 aliphatic rings. The van der Waals surface area contributed by atoms with Crippen molar-refractivity contribution in [3.8, 4) is 0 Å². The number of ketones is 1. The molecule has 0 aromatic heterocycles. The summed E-state index contributed by atoms with van der Waals surface area (Å²) in [6.45, 7) is 7.72. The molecule has 0 saturated carbocycles. The van der Waals surface area contributed by atoms with Crippen LogP contribution in [0.5, 0.6) is 0 Å². The Kier molecular flexibility index (Phi) is 35.5. The second-order valence-corrected chi connectivity index (χ2v) is 13.3. The predicted octanol–water partition coefficient (Wildman–Crippen LogP) is 13.9. The molecule has 41 heavy (non-hydrogen) atoms. The second kappa shape index (κ2) is 35.8. The lowest BCUT2D eigenvalue weighted by atomic mass is 10.0. The number of unbranched alkanes of at least 4 members (excludes halogenated alkanes) is 26. The number of carbonyl (C=O) groups is 1. The minimum atomic E-state index is 0.353. The number of ether oxygens (including phenoxy) is 1. The van der Waals surface area contributed by atoms with Crippen molar-refractivity contribution in [2.45, 2.75) is 239 Å². The summed E-state index contributed by atoms with van der Waals surface area (Å²) >= 11 is 0. The molecule has 2 heteroatoms. The van der Waals surface area contributed by atoms with Crippen LogP contribution in [0.1, 0.15) is 233 Å². The molecule has 0 aromatic rings. The van der Waals surface area contributed by atoms with Crippen molar-refractivity contribution >= 4 is 5.78 Å². The Balaban J connectivity index is 3.37. The van der Waals surface area contributed by atoms with Crippen molar-refractivity contribution in [3.63, 3.8) is 0 Å². The highest BCUT2D eigenvalue weighted by molar-refractivity contribution is 5.78. The number of carbonyl (C=O) groups excluding carboxylic acids is 1. The molecule has 0 bridgehead atoms. The Morgan fingerprint density at radius 3 is 1.10 bits per heavy atom. The van der Waals surface area contributed by atoms with E-state index in [1.807, 2.05) is 0 Å². The third-order valence-electron chi connectivity index (χ3n) is 9.10. The molecule has 0 aliphatic heterocycles. The highest BCUT2D eigenvalue weighted by Crippen LogP contribution is 2.16. The van der Waals surface area contributed by atoms with Gasteiger partial charge in [-0.05, 0) is 32.1 Å². The summed E-state index contributed by atoms with van der Waals surface area (Å²) in [5, 5.41) is 0. The van der Waals surface area contributed by atoms with Gasteiger partial charge in [0.15, 0.2) is 0 Å². The van der Waals surface area contributed by atoms with Gasteiger partial charge in [0.05, 0.1) is 6.10 Å². The molecule has 0 aliphatic carbocycles. The first kappa shape index (κ1) is 40.6. The van der Waals surface area contributed by atoms with E-state index in [0.717, 1.165) is 45.1 Å². The average molecular weight is 579 g/mol.